The number of hydrogen-bond donors (Lipinski definition) is 0. The first kappa shape index (κ1) is 13.7. The van der Waals surface area contributed by atoms with Crippen LogP contribution in [0.1, 0.15) is 0 Å². The highest BCUT2D eigenvalue weighted by molar-refractivity contribution is 7.38. The van der Waals surface area contributed by atoms with Crippen molar-refractivity contribution in [1.82, 2.24) is 4.98 Å². The lowest BCUT2D eigenvalue weighted by molar-refractivity contribution is 1.42. The van der Waals surface area contributed by atoms with Gasteiger partial charge in [-0.3, -0.25) is 9.78 Å². The maximum atomic E-state index is 11.8. The molecule has 0 atom stereocenters. The summed E-state index contributed by atoms with van der Waals surface area (Å²) in [4.78, 5) is 17.5. The van der Waals surface area contributed by atoms with Gasteiger partial charge in [-0.15, -0.1) is 0 Å². The molecule has 0 radical (unpaired) electrons. The first-order chi connectivity index (χ1) is 9.45. The Balaban J connectivity index is 2.23. The Labute approximate surface area is 126 Å². The molecule has 0 saturated carbocycles. The molecule has 0 saturated heterocycles. The first-order valence-electron chi connectivity index (χ1n) is 6.45. The number of nitrogens with zero attached hydrogens (tertiary/aromatic N) is 1. The third-order valence-electron chi connectivity index (χ3n) is 3.11. The van der Waals surface area contributed by atoms with Crippen LogP contribution in [-0.2, 0) is 0 Å². The Kier molecular flexibility index (Phi) is 3.36. The predicted octanol–water partition coefficient (Wildman–Crippen LogP) is 3.93. The summed E-state index contributed by atoms with van der Waals surface area (Å²) >= 11 is 2.78. The van der Waals surface area contributed by atoms with Crippen LogP contribution in [0, 0.1) is 0 Å². The largest absolute Gasteiger partial charge is 0.287 e. The average molecular weight is 318 g/mol. The van der Waals surface area contributed by atoms with Gasteiger partial charge in [0, 0.05) is 26.5 Å². The van der Waals surface area contributed by atoms with Crippen molar-refractivity contribution in [3.8, 4) is 10.4 Å². The van der Waals surface area contributed by atoms with E-state index in [9.17, 15) is 4.79 Å². The Bertz CT molecular complexity index is 829. The second-order valence-electron chi connectivity index (χ2n) is 5.78. The molecule has 1 aromatic carbocycles. The lowest BCUT2D eigenvalue weighted by Crippen LogP contribution is -2.36. The third kappa shape index (κ3) is 2.48. The van der Waals surface area contributed by atoms with Crippen molar-refractivity contribution in [2.24, 2.45) is 0 Å². The van der Waals surface area contributed by atoms with Crippen LogP contribution in [-0.4, -0.2) is 13.1 Å². The van der Waals surface area contributed by atoms with E-state index < -0.39 is 8.07 Å². The number of para-hydroxylation sites is 1. The molecule has 0 amide bonds. The van der Waals surface area contributed by atoms with Gasteiger partial charge in [0.15, 0.2) is 0 Å². The van der Waals surface area contributed by atoms with E-state index in [0.29, 0.717) is 0 Å². The number of benzene rings is 1. The molecular weight excluding hydrogens is 302 g/mol. The zero-order chi connectivity index (χ0) is 14.3. The van der Waals surface area contributed by atoms with E-state index in [4.69, 9.17) is 0 Å². The molecule has 0 fully saturated rings. The zero-order valence-corrected chi connectivity index (χ0v) is 14.3. The summed E-state index contributed by atoms with van der Waals surface area (Å²) in [6.07, 6.45) is 1.89. The van der Waals surface area contributed by atoms with Crippen LogP contribution in [0.2, 0.25) is 19.6 Å². The van der Waals surface area contributed by atoms with E-state index in [0.717, 1.165) is 21.3 Å². The van der Waals surface area contributed by atoms with Gasteiger partial charge < -0.3 is 0 Å². The van der Waals surface area contributed by atoms with Gasteiger partial charge in [0.05, 0.1) is 13.6 Å². The molecule has 0 spiro atoms. The van der Waals surface area contributed by atoms with Gasteiger partial charge in [0.25, 0.3) is 4.06 Å². The van der Waals surface area contributed by atoms with Crippen molar-refractivity contribution in [1.29, 1.82) is 0 Å². The monoisotopic (exact) mass is 317 g/mol. The van der Waals surface area contributed by atoms with E-state index in [1.54, 1.807) is 0 Å². The molecule has 3 rings (SSSR count). The summed E-state index contributed by atoms with van der Waals surface area (Å²) in [7, 11) is -1.51. The maximum absolute atomic E-state index is 11.8. The molecule has 2 aromatic heterocycles. The smallest absolute Gasteiger partial charge is 0.265 e. The number of aromatic nitrogens is 1. The van der Waals surface area contributed by atoms with Crippen molar-refractivity contribution in [3.05, 3.63) is 45.4 Å². The van der Waals surface area contributed by atoms with Crippen LogP contribution < -0.4 is 8.56 Å². The third-order valence-corrected chi connectivity index (χ3v) is 9.06. The molecule has 0 aliphatic carbocycles. The standard InChI is InChI=1S/C15H15NOS2Si/c1-20(2,3)14-13(18-15(17)19-14)11-8-10-6-4-5-7-12(10)16-9-11/h4-9H,1-3H3. The number of hydrogen-bond acceptors (Lipinski definition) is 4. The van der Waals surface area contributed by atoms with E-state index >= 15 is 0 Å². The molecule has 3 aromatic rings. The van der Waals surface area contributed by atoms with E-state index in [1.165, 1.54) is 27.2 Å². The topological polar surface area (TPSA) is 30.0 Å². The van der Waals surface area contributed by atoms with Gasteiger partial charge in [-0.25, -0.2) is 0 Å². The molecule has 102 valence electrons. The van der Waals surface area contributed by atoms with E-state index in [-0.39, 0.29) is 4.06 Å². The Hall–Kier alpha value is -1.30. The van der Waals surface area contributed by atoms with Crippen LogP contribution in [0.4, 0.5) is 0 Å². The fourth-order valence-corrected chi connectivity index (χ4v) is 7.56. The summed E-state index contributed by atoms with van der Waals surface area (Å²) in [5, 5.41) is 1.12. The fraction of sp³-hybridized carbons (Fsp3) is 0.200. The van der Waals surface area contributed by atoms with Gasteiger partial charge in [-0.2, -0.15) is 0 Å². The average Bonchev–Trinajstić information content (AvgIpc) is 2.80. The van der Waals surface area contributed by atoms with Crippen molar-refractivity contribution in [2.45, 2.75) is 19.6 Å². The zero-order valence-electron chi connectivity index (χ0n) is 11.6. The highest BCUT2D eigenvalue weighted by Gasteiger charge is 2.25. The highest BCUT2D eigenvalue weighted by atomic mass is 32.2. The second-order valence-corrected chi connectivity index (χ2v) is 13.4. The van der Waals surface area contributed by atoms with Crippen LogP contribution in [0.5, 0.6) is 0 Å². The molecule has 0 aliphatic rings. The minimum atomic E-state index is -1.51. The number of fused-ring (bicyclic) bond motifs is 1. The molecule has 0 bridgehead atoms. The SMILES string of the molecule is C[Si](C)(C)c1sc(=O)sc1-c1cnc2ccccc2c1. The second kappa shape index (κ2) is 4.91. The summed E-state index contributed by atoms with van der Waals surface area (Å²) < 4.78 is 1.47. The molecule has 2 nitrogen and oxygen atoms in total. The van der Waals surface area contributed by atoms with Crippen LogP contribution in [0.15, 0.2) is 41.3 Å². The fourth-order valence-electron chi connectivity index (χ4n) is 2.16. The van der Waals surface area contributed by atoms with E-state index in [1.807, 2.05) is 24.4 Å². The Morgan fingerprint density at radius 2 is 1.85 bits per heavy atom. The van der Waals surface area contributed by atoms with Crippen LogP contribution in [0.3, 0.4) is 0 Å². The molecular formula is C15H15NOS2Si. The molecule has 0 unspecified atom stereocenters. The van der Waals surface area contributed by atoms with Crippen LogP contribution >= 0.6 is 22.7 Å². The van der Waals surface area contributed by atoms with Crippen molar-refractivity contribution in [3.63, 3.8) is 0 Å². The number of pyridine rings is 1. The summed E-state index contributed by atoms with van der Waals surface area (Å²) in [6.45, 7) is 6.84. The minimum absolute atomic E-state index is 0.186. The van der Waals surface area contributed by atoms with Gasteiger partial charge >= 0.3 is 0 Å². The molecule has 20 heavy (non-hydrogen) atoms. The summed E-state index contributed by atoms with van der Waals surface area (Å²) in [5.74, 6) is 0. The molecule has 0 aliphatic heterocycles. The van der Waals surface area contributed by atoms with Gasteiger partial charge in [0.1, 0.15) is 0 Å². The molecule has 0 N–H and O–H groups in total. The quantitative estimate of drug-likeness (QED) is 0.670. The van der Waals surface area contributed by atoms with Crippen molar-refractivity contribution in [2.75, 3.05) is 0 Å². The predicted molar refractivity (Wildman–Crippen MR) is 92.2 cm³/mol. The van der Waals surface area contributed by atoms with E-state index in [2.05, 4.69) is 36.8 Å². The maximum Gasteiger partial charge on any atom is 0.287 e. The lowest BCUT2D eigenvalue weighted by Gasteiger charge is -2.15. The van der Waals surface area contributed by atoms with Crippen molar-refractivity contribution >= 4 is 46.2 Å². The summed E-state index contributed by atoms with van der Waals surface area (Å²) in [6, 6.07) is 10.2. The highest BCUT2D eigenvalue weighted by Crippen LogP contribution is 2.27. The van der Waals surface area contributed by atoms with Crippen molar-refractivity contribution < 1.29 is 0 Å². The lowest BCUT2D eigenvalue weighted by atomic mass is 10.1. The normalized spacial score (nSPS) is 11.9. The molecule has 5 heteroatoms. The summed E-state index contributed by atoms with van der Waals surface area (Å²) in [5.41, 5.74) is 2.07. The minimum Gasteiger partial charge on any atom is -0.265 e. The number of rotatable bonds is 2. The first-order valence-corrected chi connectivity index (χ1v) is 11.6. The van der Waals surface area contributed by atoms with Gasteiger partial charge in [-0.05, 0) is 12.1 Å². The van der Waals surface area contributed by atoms with Gasteiger partial charge in [-0.1, -0.05) is 60.5 Å². The Morgan fingerprint density at radius 3 is 2.60 bits per heavy atom. The Morgan fingerprint density at radius 1 is 1.10 bits per heavy atom. The van der Waals surface area contributed by atoms with Crippen LogP contribution in [0.25, 0.3) is 21.3 Å². The molecule has 2 heterocycles. The van der Waals surface area contributed by atoms with Gasteiger partial charge in [0.2, 0.25) is 0 Å².